The number of benzene rings is 1. The fraction of sp³-hybridized carbons (Fsp3) is 0.263. The first kappa shape index (κ1) is 16.1. The summed E-state index contributed by atoms with van der Waals surface area (Å²) < 4.78 is 11.1. The fourth-order valence-corrected chi connectivity index (χ4v) is 3.09. The van der Waals surface area contributed by atoms with Gasteiger partial charge in [0.15, 0.2) is 5.58 Å². The second-order valence-corrected chi connectivity index (χ2v) is 6.17. The van der Waals surface area contributed by atoms with Crippen LogP contribution in [0.2, 0.25) is 0 Å². The number of aromatic nitrogens is 2. The number of ether oxygens (including phenoxy) is 1. The predicted octanol–water partition coefficient (Wildman–Crippen LogP) is 2.32. The summed E-state index contributed by atoms with van der Waals surface area (Å²) in [6.07, 6.45) is 2.34. The molecule has 7 heteroatoms. The van der Waals surface area contributed by atoms with Crippen molar-refractivity contribution in [2.75, 3.05) is 13.1 Å². The van der Waals surface area contributed by atoms with E-state index in [-0.39, 0.29) is 18.4 Å². The molecule has 1 amide bonds. The lowest BCUT2D eigenvalue weighted by Gasteiger charge is -2.16. The molecule has 1 fully saturated rings. The first-order valence-corrected chi connectivity index (χ1v) is 8.37. The van der Waals surface area contributed by atoms with Gasteiger partial charge >= 0.3 is 0 Å². The van der Waals surface area contributed by atoms with E-state index in [4.69, 9.17) is 14.5 Å². The van der Waals surface area contributed by atoms with E-state index in [0.717, 1.165) is 11.8 Å². The Morgan fingerprint density at radius 1 is 1.38 bits per heavy atom. The zero-order valence-electron chi connectivity index (χ0n) is 14.0. The van der Waals surface area contributed by atoms with Crippen molar-refractivity contribution in [3.63, 3.8) is 0 Å². The molecule has 7 nitrogen and oxygen atoms in total. The van der Waals surface area contributed by atoms with Crippen LogP contribution in [0.25, 0.3) is 11.0 Å². The zero-order chi connectivity index (χ0) is 17.9. The van der Waals surface area contributed by atoms with Crippen molar-refractivity contribution in [1.82, 2.24) is 15.0 Å². The highest BCUT2D eigenvalue weighted by Crippen LogP contribution is 2.21. The summed E-state index contributed by atoms with van der Waals surface area (Å²) in [6.45, 7) is 1.12. The van der Waals surface area contributed by atoms with Crippen LogP contribution in [0.4, 0.5) is 0 Å². The number of rotatable bonds is 4. The highest BCUT2D eigenvalue weighted by molar-refractivity contribution is 5.86. The summed E-state index contributed by atoms with van der Waals surface area (Å²) in [5.41, 5.74) is 1.83. The molecule has 3 heterocycles. The lowest BCUT2D eigenvalue weighted by Crippen LogP contribution is -2.32. The number of likely N-dealkylation sites (tertiary alicyclic amines) is 1. The van der Waals surface area contributed by atoms with Crippen LogP contribution >= 0.6 is 0 Å². The molecule has 0 spiro atoms. The van der Waals surface area contributed by atoms with Crippen molar-refractivity contribution in [1.29, 1.82) is 5.26 Å². The number of nitrogens with zero attached hydrogens (tertiary/aromatic N) is 4. The third-order valence-electron chi connectivity index (χ3n) is 4.42. The van der Waals surface area contributed by atoms with Gasteiger partial charge in [-0.25, -0.2) is 4.98 Å². The van der Waals surface area contributed by atoms with Crippen molar-refractivity contribution in [3.8, 4) is 11.9 Å². The number of nitriles is 1. The van der Waals surface area contributed by atoms with Gasteiger partial charge in [-0.2, -0.15) is 5.26 Å². The van der Waals surface area contributed by atoms with Crippen LogP contribution in [-0.4, -0.2) is 40.1 Å². The van der Waals surface area contributed by atoms with E-state index in [0.29, 0.717) is 35.8 Å². The van der Waals surface area contributed by atoms with Crippen LogP contribution in [0.15, 0.2) is 47.1 Å². The van der Waals surface area contributed by atoms with Crippen LogP contribution in [0.1, 0.15) is 17.7 Å². The van der Waals surface area contributed by atoms with Gasteiger partial charge in [-0.15, -0.1) is 0 Å². The van der Waals surface area contributed by atoms with Crippen LogP contribution in [-0.2, 0) is 11.2 Å². The molecule has 1 saturated heterocycles. The Labute approximate surface area is 149 Å². The number of carbonyl (C=O) groups is 1. The van der Waals surface area contributed by atoms with Gasteiger partial charge in [0.2, 0.25) is 11.8 Å². The molecule has 0 bridgehead atoms. The molecule has 4 rings (SSSR count). The van der Waals surface area contributed by atoms with Gasteiger partial charge in [0.05, 0.1) is 24.6 Å². The minimum Gasteiger partial charge on any atom is -0.472 e. The average Bonchev–Trinajstić information content (AvgIpc) is 3.29. The lowest BCUT2D eigenvalue weighted by atomic mass is 10.1. The number of para-hydroxylation sites is 1. The first-order chi connectivity index (χ1) is 12.7. The maximum Gasteiger partial charge on any atom is 0.228 e. The number of amides is 1. The summed E-state index contributed by atoms with van der Waals surface area (Å²) in [5.74, 6) is 0.403. The highest BCUT2D eigenvalue weighted by Gasteiger charge is 2.28. The monoisotopic (exact) mass is 348 g/mol. The highest BCUT2D eigenvalue weighted by atomic mass is 16.5. The molecule has 1 aliphatic heterocycles. The Morgan fingerprint density at radius 3 is 3.15 bits per heavy atom. The molecule has 2 aromatic heterocycles. The van der Waals surface area contributed by atoms with Crippen LogP contribution in [0.3, 0.4) is 0 Å². The molecule has 1 unspecified atom stereocenters. The smallest absolute Gasteiger partial charge is 0.228 e. The molecule has 1 aliphatic rings. The zero-order valence-corrected chi connectivity index (χ0v) is 14.0. The van der Waals surface area contributed by atoms with Crippen molar-refractivity contribution in [2.45, 2.75) is 18.9 Å². The van der Waals surface area contributed by atoms with Crippen LogP contribution < -0.4 is 4.74 Å². The van der Waals surface area contributed by atoms with Crippen molar-refractivity contribution in [2.24, 2.45) is 0 Å². The number of hydrogen-bond acceptors (Lipinski definition) is 6. The molecule has 1 aromatic carbocycles. The van der Waals surface area contributed by atoms with E-state index in [1.165, 1.54) is 0 Å². The van der Waals surface area contributed by atoms with Crippen LogP contribution in [0, 0.1) is 11.3 Å². The second kappa shape index (κ2) is 6.84. The molecule has 0 aliphatic carbocycles. The Kier molecular flexibility index (Phi) is 4.23. The molecule has 0 radical (unpaired) electrons. The fourth-order valence-electron chi connectivity index (χ4n) is 3.09. The van der Waals surface area contributed by atoms with E-state index < -0.39 is 0 Å². The molecule has 0 N–H and O–H groups in total. The molecule has 26 heavy (non-hydrogen) atoms. The first-order valence-electron chi connectivity index (χ1n) is 8.37. The number of fused-ring (bicyclic) bond motifs is 1. The Morgan fingerprint density at radius 2 is 2.27 bits per heavy atom. The van der Waals surface area contributed by atoms with E-state index in [9.17, 15) is 4.79 Å². The van der Waals surface area contributed by atoms with Gasteiger partial charge in [-0.05, 0) is 18.2 Å². The van der Waals surface area contributed by atoms with E-state index >= 15 is 0 Å². The summed E-state index contributed by atoms with van der Waals surface area (Å²) in [6, 6.07) is 12.8. The minimum atomic E-state index is -0.130. The maximum atomic E-state index is 12.6. The molecular formula is C19H16N4O3. The quantitative estimate of drug-likeness (QED) is 0.718. The number of pyridine rings is 1. The normalized spacial score (nSPS) is 16.6. The number of hydrogen-bond donors (Lipinski definition) is 0. The van der Waals surface area contributed by atoms with Gasteiger partial charge in [-0.3, -0.25) is 4.79 Å². The van der Waals surface area contributed by atoms with E-state index in [1.807, 2.05) is 24.3 Å². The molecular weight excluding hydrogens is 332 g/mol. The van der Waals surface area contributed by atoms with Gasteiger partial charge in [0.25, 0.3) is 0 Å². The van der Waals surface area contributed by atoms with Crippen molar-refractivity contribution in [3.05, 3.63) is 53.9 Å². The Bertz CT molecular complexity index is 992. The Balaban J connectivity index is 1.39. The van der Waals surface area contributed by atoms with E-state index in [2.05, 4.69) is 16.2 Å². The topological polar surface area (TPSA) is 92.2 Å². The van der Waals surface area contributed by atoms with Gasteiger partial charge in [-0.1, -0.05) is 17.3 Å². The molecule has 0 saturated carbocycles. The number of carbonyl (C=O) groups excluding carboxylic acids is 1. The third kappa shape index (κ3) is 3.22. The second-order valence-electron chi connectivity index (χ2n) is 6.17. The third-order valence-corrected chi connectivity index (χ3v) is 4.42. The molecule has 1 atom stereocenters. The molecule has 3 aromatic rings. The Hall–Kier alpha value is -3.40. The van der Waals surface area contributed by atoms with Crippen LogP contribution in [0.5, 0.6) is 5.88 Å². The SMILES string of the molecule is N#Cc1ccnc(OC2CCN(C(=O)Cc3noc4ccccc34)C2)c1. The average molecular weight is 348 g/mol. The minimum absolute atomic E-state index is 0.00566. The standard InChI is InChI=1S/C19H16N4O3/c20-11-13-5-7-21-18(9-13)25-14-6-8-23(12-14)19(24)10-16-15-3-1-2-4-17(15)26-22-16/h1-5,7,9,14H,6,8,10,12H2. The van der Waals surface area contributed by atoms with Crippen molar-refractivity contribution < 1.29 is 14.1 Å². The summed E-state index contributed by atoms with van der Waals surface area (Å²) in [7, 11) is 0. The summed E-state index contributed by atoms with van der Waals surface area (Å²) in [5, 5.41) is 13.8. The van der Waals surface area contributed by atoms with Gasteiger partial charge in [0, 0.05) is 30.6 Å². The molecule has 130 valence electrons. The maximum absolute atomic E-state index is 12.6. The van der Waals surface area contributed by atoms with Gasteiger partial charge < -0.3 is 14.2 Å². The lowest BCUT2D eigenvalue weighted by molar-refractivity contribution is -0.129. The van der Waals surface area contributed by atoms with E-state index in [1.54, 1.807) is 23.2 Å². The van der Waals surface area contributed by atoms with Gasteiger partial charge in [0.1, 0.15) is 11.8 Å². The summed E-state index contributed by atoms with van der Waals surface area (Å²) in [4.78, 5) is 18.5. The predicted molar refractivity (Wildman–Crippen MR) is 92.3 cm³/mol. The summed E-state index contributed by atoms with van der Waals surface area (Å²) >= 11 is 0. The van der Waals surface area contributed by atoms with Crippen molar-refractivity contribution >= 4 is 16.9 Å². The largest absolute Gasteiger partial charge is 0.472 e.